The van der Waals surface area contributed by atoms with Crippen LogP contribution in [0.15, 0.2) is 12.1 Å². The third kappa shape index (κ3) is 2.96. The van der Waals surface area contributed by atoms with Crippen LogP contribution in [0.4, 0.5) is 4.79 Å². The van der Waals surface area contributed by atoms with Crippen LogP contribution in [0.1, 0.15) is 21.5 Å². The highest BCUT2D eigenvalue weighted by Gasteiger charge is 2.23. The summed E-state index contributed by atoms with van der Waals surface area (Å²) < 4.78 is 10.6. The maximum atomic E-state index is 10.9. The van der Waals surface area contributed by atoms with Crippen molar-refractivity contribution in [1.29, 1.82) is 0 Å². The van der Waals surface area contributed by atoms with Crippen molar-refractivity contribution in [2.24, 2.45) is 0 Å². The predicted molar refractivity (Wildman–Crippen MR) is 66.6 cm³/mol. The van der Waals surface area contributed by atoms with Crippen LogP contribution in [0.3, 0.4) is 0 Å². The summed E-state index contributed by atoms with van der Waals surface area (Å²) in [5.74, 6) is -0.334. The van der Waals surface area contributed by atoms with Gasteiger partial charge in [-0.3, -0.25) is 0 Å². The van der Waals surface area contributed by atoms with E-state index in [-0.39, 0.29) is 18.3 Å². The average Bonchev–Trinajstić information content (AvgIpc) is 2.73. The Morgan fingerprint density at radius 3 is 2.58 bits per heavy atom. The van der Waals surface area contributed by atoms with Gasteiger partial charge in [-0.1, -0.05) is 0 Å². The number of rotatable bonds is 4. The van der Waals surface area contributed by atoms with Crippen molar-refractivity contribution < 1.29 is 24.2 Å². The average molecular weight is 265 g/mol. The molecular formula is C13H15NO5. The molecule has 6 heteroatoms. The van der Waals surface area contributed by atoms with Crippen LogP contribution in [0.5, 0.6) is 5.75 Å². The molecule has 1 atom stereocenters. The molecule has 2 rings (SSSR count). The van der Waals surface area contributed by atoms with Gasteiger partial charge in [-0.05, 0) is 37.1 Å². The molecule has 0 aliphatic carbocycles. The van der Waals surface area contributed by atoms with Crippen molar-refractivity contribution in [2.75, 3.05) is 13.2 Å². The van der Waals surface area contributed by atoms with Gasteiger partial charge in [-0.2, -0.15) is 0 Å². The smallest absolute Gasteiger partial charge is 0.407 e. The summed E-state index contributed by atoms with van der Waals surface area (Å²) in [4.78, 5) is 21.8. The van der Waals surface area contributed by atoms with E-state index in [1.807, 2.05) is 0 Å². The van der Waals surface area contributed by atoms with E-state index in [2.05, 4.69) is 5.32 Å². The van der Waals surface area contributed by atoms with E-state index in [1.54, 1.807) is 26.0 Å². The van der Waals surface area contributed by atoms with Gasteiger partial charge in [-0.25, -0.2) is 9.59 Å². The minimum absolute atomic E-state index is 0.233. The summed E-state index contributed by atoms with van der Waals surface area (Å²) in [6.07, 6.45) is -0.756. The zero-order valence-electron chi connectivity index (χ0n) is 10.7. The van der Waals surface area contributed by atoms with Crippen LogP contribution in [0.25, 0.3) is 0 Å². The molecule has 1 amide bonds. The monoisotopic (exact) mass is 265 g/mol. The van der Waals surface area contributed by atoms with Crippen LogP contribution < -0.4 is 10.1 Å². The number of hydrogen-bond donors (Lipinski definition) is 2. The maximum Gasteiger partial charge on any atom is 0.407 e. The van der Waals surface area contributed by atoms with E-state index in [1.165, 1.54) is 0 Å². The highest BCUT2D eigenvalue weighted by molar-refractivity contribution is 5.88. The third-order valence-electron chi connectivity index (χ3n) is 2.87. The van der Waals surface area contributed by atoms with Gasteiger partial charge in [0, 0.05) is 0 Å². The molecule has 1 aliphatic heterocycles. The number of carboxylic acids is 1. The van der Waals surface area contributed by atoms with Crippen LogP contribution in [0.2, 0.25) is 0 Å². The first-order chi connectivity index (χ1) is 8.97. The Labute approximate surface area is 110 Å². The third-order valence-corrected chi connectivity index (χ3v) is 2.87. The molecule has 0 saturated carbocycles. The largest absolute Gasteiger partial charge is 0.489 e. The van der Waals surface area contributed by atoms with E-state index < -0.39 is 12.1 Å². The molecule has 1 aromatic rings. The van der Waals surface area contributed by atoms with Crippen molar-refractivity contribution >= 4 is 12.1 Å². The molecule has 6 nitrogen and oxygen atoms in total. The Hall–Kier alpha value is -2.24. The first-order valence-electron chi connectivity index (χ1n) is 5.89. The number of ether oxygens (including phenoxy) is 2. The Bertz CT molecular complexity index is 503. The van der Waals surface area contributed by atoms with Gasteiger partial charge >= 0.3 is 12.1 Å². The zero-order chi connectivity index (χ0) is 14.0. The molecule has 1 heterocycles. The standard InChI is InChI=1S/C13H15NO5/c1-7-3-9(12(15)16)4-8(2)11(7)18-6-10-5-14-13(17)19-10/h3-4,10H,5-6H2,1-2H3,(H,14,17)(H,15,16). The van der Waals surface area contributed by atoms with E-state index in [9.17, 15) is 9.59 Å². The molecule has 1 aromatic carbocycles. The van der Waals surface area contributed by atoms with E-state index >= 15 is 0 Å². The van der Waals surface area contributed by atoms with Gasteiger partial charge in [-0.15, -0.1) is 0 Å². The fraction of sp³-hybridized carbons (Fsp3) is 0.385. The first-order valence-corrected chi connectivity index (χ1v) is 5.89. The van der Waals surface area contributed by atoms with Crippen LogP contribution >= 0.6 is 0 Å². The quantitative estimate of drug-likeness (QED) is 0.861. The van der Waals surface area contributed by atoms with Crippen molar-refractivity contribution in [3.05, 3.63) is 28.8 Å². The number of alkyl carbamates (subject to hydrolysis) is 1. The van der Waals surface area contributed by atoms with Gasteiger partial charge in [0.1, 0.15) is 12.4 Å². The molecule has 1 aliphatic rings. The van der Waals surface area contributed by atoms with Gasteiger partial charge in [0.2, 0.25) is 0 Å². The molecular weight excluding hydrogens is 250 g/mol. The Morgan fingerprint density at radius 1 is 1.47 bits per heavy atom. The summed E-state index contributed by atoms with van der Waals surface area (Å²) in [6, 6.07) is 3.12. The lowest BCUT2D eigenvalue weighted by Crippen LogP contribution is -2.22. The minimum atomic E-state index is -0.966. The normalized spacial score (nSPS) is 17.8. The van der Waals surface area contributed by atoms with Gasteiger partial charge < -0.3 is 19.9 Å². The predicted octanol–water partition coefficient (Wildman–Crippen LogP) is 1.49. The Morgan fingerprint density at radius 2 is 2.11 bits per heavy atom. The zero-order valence-corrected chi connectivity index (χ0v) is 10.7. The molecule has 0 radical (unpaired) electrons. The van der Waals surface area contributed by atoms with E-state index in [4.69, 9.17) is 14.6 Å². The molecule has 1 unspecified atom stereocenters. The van der Waals surface area contributed by atoms with Crippen LogP contribution in [0, 0.1) is 13.8 Å². The topological polar surface area (TPSA) is 84.9 Å². The SMILES string of the molecule is Cc1cc(C(=O)O)cc(C)c1OCC1CNC(=O)O1. The van der Waals surface area contributed by atoms with Crippen molar-refractivity contribution in [3.8, 4) is 5.75 Å². The minimum Gasteiger partial charge on any atom is -0.489 e. The van der Waals surface area contributed by atoms with E-state index in [0.29, 0.717) is 12.3 Å². The summed E-state index contributed by atoms with van der Waals surface area (Å²) >= 11 is 0. The highest BCUT2D eigenvalue weighted by Crippen LogP contribution is 2.25. The number of aromatic carboxylic acids is 1. The molecule has 102 valence electrons. The lowest BCUT2D eigenvalue weighted by atomic mass is 10.1. The molecule has 2 N–H and O–H groups in total. The summed E-state index contributed by atoms with van der Waals surface area (Å²) in [5, 5.41) is 11.5. The Kier molecular flexibility index (Phi) is 3.59. The summed E-state index contributed by atoms with van der Waals surface area (Å²) in [5.41, 5.74) is 1.72. The first kappa shape index (κ1) is 13.2. The second-order valence-corrected chi connectivity index (χ2v) is 4.46. The number of aryl methyl sites for hydroxylation is 2. The summed E-state index contributed by atoms with van der Waals surface area (Å²) in [7, 11) is 0. The van der Waals surface area contributed by atoms with E-state index in [0.717, 1.165) is 11.1 Å². The number of nitrogens with one attached hydrogen (secondary N) is 1. The van der Waals surface area contributed by atoms with Gasteiger partial charge in [0.05, 0.1) is 12.1 Å². The van der Waals surface area contributed by atoms with Gasteiger partial charge in [0.15, 0.2) is 6.10 Å². The molecule has 0 aromatic heterocycles. The maximum absolute atomic E-state index is 10.9. The highest BCUT2D eigenvalue weighted by atomic mass is 16.6. The molecule has 19 heavy (non-hydrogen) atoms. The number of cyclic esters (lactones) is 1. The molecule has 1 fully saturated rings. The number of hydrogen-bond acceptors (Lipinski definition) is 4. The van der Waals surface area contributed by atoms with Crippen LogP contribution in [-0.4, -0.2) is 36.4 Å². The molecule has 0 bridgehead atoms. The lowest BCUT2D eigenvalue weighted by molar-refractivity contribution is 0.0696. The second kappa shape index (κ2) is 5.17. The van der Waals surface area contributed by atoms with Crippen LogP contribution in [-0.2, 0) is 4.74 Å². The molecule has 1 saturated heterocycles. The fourth-order valence-electron chi connectivity index (χ4n) is 2.00. The van der Waals surface area contributed by atoms with Gasteiger partial charge in [0.25, 0.3) is 0 Å². The van der Waals surface area contributed by atoms with Crippen molar-refractivity contribution in [3.63, 3.8) is 0 Å². The number of carbonyl (C=O) groups is 2. The lowest BCUT2D eigenvalue weighted by Gasteiger charge is -2.15. The number of carbonyl (C=O) groups excluding carboxylic acids is 1. The Balaban J connectivity index is 2.08. The number of amides is 1. The number of benzene rings is 1. The fourth-order valence-corrected chi connectivity index (χ4v) is 2.00. The van der Waals surface area contributed by atoms with Crippen molar-refractivity contribution in [2.45, 2.75) is 20.0 Å². The molecule has 0 spiro atoms. The summed E-state index contributed by atoms with van der Waals surface area (Å²) in [6.45, 7) is 4.23. The second-order valence-electron chi connectivity index (χ2n) is 4.46. The number of carboxylic acid groups (broad SMARTS) is 1. The van der Waals surface area contributed by atoms with Crippen molar-refractivity contribution in [1.82, 2.24) is 5.32 Å².